The fourth-order valence-electron chi connectivity index (χ4n) is 3.68. The van der Waals surface area contributed by atoms with Gasteiger partial charge in [0, 0.05) is 30.5 Å². The molecule has 5 rings (SSSR count). The predicted octanol–water partition coefficient (Wildman–Crippen LogP) is 3.28. The zero-order valence-corrected chi connectivity index (χ0v) is 19.0. The van der Waals surface area contributed by atoms with Crippen LogP contribution in [0.1, 0.15) is 26.5 Å². The summed E-state index contributed by atoms with van der Waals surface area (Å²) < 4.78 is 1.86. The highest BCUT2D eigenvalue weighted by molar-refractivity contribution is 5.95. The van der Waals surface area contributed by atoms with Gasteiger partial charge in [-0.2, -0.15) is 0 Å². The van der Waals surface area contributed by atoms with Gasteiger partial charge in [-0.1, -0.05) is 24.3 Å². The van der Waals surface area contributed by atoms with Crippen LogP contribution in [0.5, 0.6) is 0 Å². The Kier molecular flexibility index (Phi) is 6.04. The summed E-state index contributed by atoms with van der Waals surface area (Å²) in [6.45, 7) is 2.45. The molecule has 9 heteroatoms. The van der Waals surface area contributed by atoms with Crippen LogP contribution in [0.4, 0.5) is 0 Å². The number of aryl methyl sites for hydroxylation is 1. The zero-order valence-electron chi connectivity index (χ0n) is 19.0. The van der Waals surface area contributed by atoms with Gasteiger partial charge in [-0.05, 0) is 49.4 Å². The zero-order chi connectivity index (χ0) is 24.2. The van der Waals surface area contributed by atoms with E-state index in [2.05, 4.69) is 30.6 Å². The van der Waals surface area contributed by atoms with Gasteiger partial charge in [-0.25, -0.2) is 15.0 Å². The summed E-state index contributed by atoms with van der Waals surface area (Å²) in [4.78, 5) is 41.5. The third-order valence-corrected chi connectivity index (χ3v) is 5.43. The van der Waals surface area contributed by atoms with Gasteiger partial charge in [0.05, 0.1) is 23.1 Å². The molecule has 2 aromatic carbocycles. The van der Waals surface area contributed by atoms with Gasteiger partial charge >= 0.3 is 0 Å². The Hall–Kier alpha value is -4.79. The molecule has 0 atom stereocenters. The number of benzene rings is 2. The molecule has 0 aliphatic heterocycles. The second-order valence-corrected chi connectivity index (χ2v) is 8.00. The highest BCUT2D eigenvalue weighted by Crippen LogP contribution is 2.18. The van der Waals surface area contributed by atoms with Crippen molar-refractivity contribution >= 4 is 22.8 Å². The van der Waals surface area contributed by atoms with Crippen LogP contribution in [0.2, 0.25) is 0 Å². The molecule has 3 aromatic heterocycles. The van der Waals surface area contributed by atoms with E-state index in [9.17, 15) is 9.59 Å². The summed E-state index contributed by atoms with van der Waals surface area (Å²) in [5, 5.41) is 5.62. The molecule has 3 N–H and O–H groups in total. The molecule has 35 heavy (non-hydrogen) atoms. The number of nitrogens with one attached hydrogen (secondary N) is 3. The number of carbonyl (C=O) groups excluding carboxylic acids is 2. The number of amides is 2. The van der Waals surface area contributed by atoms with Crippen LogP contribution in [0.3, 0.4) is 0 Å². The first-order chi connectivity index (χ1) is 17.1. The number of nitrogens with zero attached hydrogens (tertiary/aromatic N) is 4. The molecule has 2 amide bonds. The largest absolute Gasteiger partial charge is 0.350 e. The van der Waals surface area contributed by atoms with E-state index in [1.54, 1.807) is 36.7 Å². The van der Waals surface area contributed by atoms with Crippen LogP contribution in [-0.4, -0.2) is 49.4 Å². The summed E-state index contributed by atoms with van der Waals surface area (Å²) in [6, 6.07) is 20.2. The van der Waals surface area contributed by atoms with Gasteiger partial charge in [0.2, 0.25) is 0 Å². The third-order valence-electron chi connectivity index (χ3n) is 5.43. The summed E-state index contributed by atoms with van der Waals surface area (Å²) >= 11 is 0. The summed E-state index contributed by atoms with van der Waals surface area (Å²) in [7, 11) is 0. The van der Waals surface area contributed by atoms with Crippen molar-refractivity contribution in [1.82, 2.24) is 35.1 Å². The molecule has 0 fully saturated rings. The van der Waals surface area contributed by atoms with Gasteiger partial charge in [0.25, 0.3) is 11.8 Å². The smallest absolute Gasteiger partial charge is 0.269 e. The van der Waals surface area contributed by atoms with E-state index in [1.807, 2.05) is 54.1 Å². The number of aromatic amines is 1. The molecular weight excluding hydrogens is 442 g/mol. The SMILES string of the molecule is Cc1cn(-c2cccc(C(=O)NCCNC(=O)c3cccc(-c4nc5ccccc5[nH]4)n3)c2)cn1. The molecule has 174 valence electrons. The van der Waals surface area contributed by atoms with Gasteiger partial charge in [0.15, 0.2) is 5.82 Å². The van der Waals surface area contributed by atoms with E-state index >= 15 is 0 Å². The maximum absolute atomic E-state index is 12.6. The highest BCUT2D eigenvalue weighted by Gasteiger charge is 2.12. The lowest BCUT2D eigenvalue weighted by atomic mass is 10.2. The van der Waals surface area contributed by atoms with Crippen LogP contribution >= 0.6 is 0 Å². The molecule has 0 spiro atoms. The van der Waals surface area contributed by atoms with Crippen LogP contribution in [-0.2, 0) is 0 Å². The minimum absolute atomic E-state index is 0.219. The number of imidazole rings is 2. The van der Waals surface area contributed by atoms with Crippen molar-refractivity contribution in [3.05, 3.63) is 96.2 Å². The Bertz CT molecular complexity index is 1490. The van der Waals surface area contributed by atoms with Crippen LogP contribution < -0.4 is 10.6 Å². The maximum Gasteiger partial charge on any atom is 0.269 e. The van der Waals surface area contributed by atoms with Crippen molar-refractivity contribution in [3.8, 4) is 17.2 Å². The van der Waals surface area contributed by atoms with Crippen LogP contribution in [0.25, 0.3) is 28.2 Å². The van der Waals surface area contributed by atoms with Gasteiger partial charge < -0.3 is 20.2 Å². The number of hydrogen-bond donors (Lipinski definition) is 3. The lowest BCUT2D eigenvalue weighted by Crippen LogP contribution is -2.35. The molecule has 0 saturated carbocycles. The minimum atomic E-state index is -0.324. The molecular formula is C26H23N7O2. The number of carbonyl (C=O) groups is 2. The Balaban J connectivity index is 1.16. The van der Waals surface area contributed by atoms with E-state index in [-0.39, 0.29) is 30.6 Å². The predicted molar refractivity (Wildman–Crippen MR) is 132 cm³/mol. The Labute approximate surface area is 201 Å². The van der Waals surface area contributed by atoms with Gasteiger partial charge in [-0.3, -0.25) is 9.59 Å². The monoisotopic (exact) mass is 465 g/mol. The second kappa shape index (κ2) is 9.60. The maximum atomic E-state index is 12.6. The Morgan fingerprint density at radius 2 is 1.71 bits per heavy atom. The lowest BCUT2D eigenvalue weighted by Gasteiger charge is -2.09. The summed E-state index contributed by atoms with van der Waals surface area (Å²) in [5.74, 6) is 0.0545. The number of para-hydroxylation sites is 2. The van der Waals surface area contributed by atoms with E-state index in [0.717, 1.165) is 22.4 Å². The summed E-state index contributed by atoms with van der Waals surface area (Å²) in [5.41, 5.74) is 4.87. The molecule has 0 unspecified atom stereocenters. The fraction of sp³-hybridized carbons (Fsp3) is 0.115. The third kappa shape index (κ3) is 4.93. The Morgan fingerprint density at radius 1 is 0.914 bits per heavy atom. The standard InChI is InChI=1S/C26H23N7O2/c1-17-15-33(16-29-17)19-7-4-6-18(14-19)25(34)27-12-13-28-26(35)23-11-5-10-22(30-23)24-31-20-8-2-3-9-21(20)32-24/h2-11,14-16H,12-13H2,1H3,(H,27,34)(H,28,35)(H,31,32). The highest BCUT2D eigenvalue weighted by atomic mass is 16.2. The number of hydrogen-bond acceptors (Lipinski definition) is 5. The summed E-state index contributed by atoms with van der Waals surface area (Å²) in [6.07, 6.45) is 3.60. The van der Waals surface area contributed by atoms with E-state index < -0.39 is 0 Å². The van der Waals surface area contributed by atoms with Gasteiger partial charge in [-0.15, -0.1) is 0 Å². The molecule has 3 heterocycles. The lowest BCUT2D eigenvalue weighted by molar-refractivity contribution is 0.0925. The van der Waals surface area contributed by atoms with Gasteiger partial charge in [0.1, 0.15) is 11.4 Å². The van der Waals surface area contributed by atoms with E-state index in [0.29, 0.717) is 17.1 Å². The van der Waals surface area contributed by atoms with Crippen molar-refractivity contribution < 1.29 is 9.59 Å². The molecule has 0 radical (unpaired) electrons. The fourth-order valence-corrected chi connectivity index (χ4v) is 3.68. The van der Waals surface area contributed by atoms with Crippen molar-refractivity contribution in [2.75, 3.05) is 13.1 Å². The number of H-pyrrole nitrogens is 1. The molecule has 5 aromatic rings. The minimum Gasteiger partial charge on any atom is -0.350 e. The van der Waals surface area contributed by atoms with E-state index in [4.69, 9.17) is 0 Å². The first kappa shape index (κ1) is 22.0. The quantitative estimate of drug-likeness (QED) is 0.319. The number of pyridine rings is 1. The molecule has 0 bridgehead atoms. The molecule has 0 aliphatic carbocycles. The van der Waals surface area contributed by atoms with Crippen molar-refractivity contribution in [1.29, 1.82) is 0 Å². The van der Waals surface area contributed by atoms with Crippen molar-refractivity contribution in [2.45, 2.75) is 6.92 Å². The first-order valence-electron chi connectivity index (χ1n) is 11.2. The van der Waals surface area contributed by atoms with Crippen LogP contribution in [0.15, 0.2) is 79.3 Å². The van der Waals surface area contributed by atoms with Crippen molar-refractivity contribution in [3.63, 3.8) is 0 Å². The molecule has 0 aliphatic rings. The Morgan fingerprint density at radius 3 is 2.51 bits per heavy atom. The molecule has 0 saturated heterocycles. The molecule has 9 nitrogen and oxygen atoms in total. The van der Waals surface area contributed by atoms with E-state index in [1.165, 1.54) is 0 Å². The second-order valence-electron chi connectivity index (χ2n) is 8.00. The number of aromatic nitrogens is 5. The first-order valence-corrected chi connectivity index (χ1v) is 11.2. The van der Waals surface area contributed by atoms with Crippen LogP contribution in [0, 0.1) is 6.92 Å². The normalized spacial score (nSPS) is 10.9. The average Bonchev–Trinajstić information content (AvgIpc) is 3.53. The van der Waals surface area contributed by atoms with Crippen molar-refractivity contribution in [2.24, 2.45) is 0 Å². The topological polar surface area (TPSA) is 118 Å². The average molecular weight is 466 g/mol. The number of fused-ring (bicyclic) bond motifs is 1. The number of rotatable bonds is 7.